The van der Waals surface area contributed by atoms with Crippen LogP contribution in [0.4, 0.5) is 10.5 Å². The van der Waals surface area contributed by atoms with Crippen molar-refractivity contribution in [3.63, 3.8) is 0 Å². The molecule has 0 saturated carbocycles. The van der Waals surface area contributed by atoms with Crippen LogP contribution in [0.5, 0.6) is 0 Å². The molecule has 1 amide bonds. The van der Waals surface area contributed by atoms with Crippen LogP contribution in [0.1, 0.15) is 26.3 Å². The Morgan fingerprint density at radius 3 is 2.24 bits per heavy atom. The van der Waals surface area contributed by atoms with Gasteiger partial charge in [-0.25, -0.2) is 4.79 Å². The van der Waals surface area contributed by atoms with E-state index in [1.165, 1.54) is 0 Å². The summed E-state index contributed by atoms with van der Waals surface area (Å²) < 4.78 is 5.10. The maximum absolute atomic E-state index is 11.4. The highest BCUT2D eigenvalue weighted by molar-refractivity contribution is 5.95. The number of hydrogen-bond acceptors (Lipinski definition) is 3. The van der Waals surface area contributed by atoms with Gasteiger partial charge in [-0.1, -0.05) is 0 Å². The van der Waals surface area contributed by atoms with Gasteiger partial charge in [0.05, 0.1) is 0 Å². The molecule has 92 valence electrons. The normalized spacial score (nSPS) is 10.8. The molecule has 1 aromatic carbocycles. The summed E-state index contributed by atoms with van der Waals surface area (Å²) in [4.78, 5) is 11.4. The van der Waals surface area contributed by atoms with Gasteiger partial charge in [0.2, 0.25) is 0 Å². The number of carbonyl (C=O) groups excluding carboxylic acids is 1. The molecule has 0 aromatic heterocycles. The molecule has 1 rings (SSSR count). The number of ether oxygens (including phenoxy) is 1. The number of amidine groups is 1. The molecule has 0 aliphatic heterocycles. The zero-order valence-electron chi connectivity index (χ0n) is 10.2. The fourth-order valence-electron chi connectivity index (χ4n) is 1.15. The number of nitrogen functional groups attached to an aromatic ring is 1. The number of carbonyl (C=O) groups is 1. The first kappa shape index (κ1) is 13.0. The van der Waals surface area contributed by atoms with E-state index in [9.17, 15) is 4.79 Å². The lowest BCUT2D eigenvalue weighted by Crippen LogP contribution is -2.27. The molecule has 0 spiro atoms. The second kappa shape index (κ2) is 4.86. The van der Waals surface area contributed by atoms with Crippen LogP contribution in [-0.4, -0.2) is 17.5 Å². The number of benzene rings is 1. The maximum atomic E-state index is 11.4. The molecule has 17 heavy (non-hydrogen) atoms. The van der Waals surface area contributed by atoms with Crippen LogP contribution in [0, 0.1) is 5.41 Å². The maximum Gasteiger partial charge on any atom is 0.412 e. The van der Waals surface area contributed by atoms with Gasteiger partial charge in [0.15, 0.2) is 0 Å². The van der Waals surface area contributed by atoms with Crippen LogP contribution >= 0.6 is 0 Å². The van der Waals surface area contributed by atoms with Crippen molar-refractivity contribution >= 4 is 17.6 Å². The fourth-order valence-corrected chi connectivity index (χ4v) is 1.15. The minimum atomic E-state index is -0.524. The lowest BCUT2D eigenvalue weighted by atomic mass is 10.2. The summed E-state index contributed by atoms with van der Waals surface area (Å²) in [6.07, 6.45) is -0.506. The highest BCUT2D eigenvalue weighted by Crippen LogP contribution is 2.12. The highest BCUT2D eigenvalue weighted by Gasteiger charge is 2.15. The largest absolute Gasteiger partial charge is 0.444 e. The molecule has 0 atom stereocenters. The van der Waals surface area contributed by atoms with E-state index in [0.717, 1.165) is 0 Å². The van der Waals surface area contributed by atoms with Crippen LogP contribution in [0.2, 0.25) is 0 Å². The molecule has 5 nitrogen and oxygen atoms in total. The van der Waals surface area contributed by atoms with Crippen LogP contribution in [0.3, 0.4) is 0 Å². The molecule has 0 aliphatic rings. The number of anilines is 1. The Morgan fingerprint density at radius 2 is 1.82 bits per heavy atom. The summed E-state index contributed by atoms with van der Waals surface area (Å²) in [5.74, 6) is -0.00572. The summed E-state index contributed by atoms with van der Waals surface area (Å²) in [7, 11) is 0. The molecule has 0 bridgehead atoms. The van der Waals surface area contributed by atoms with E-state index < -0.39 is 11.7 Å². The van der Waals surface area contributed by atoms with Crippen LogP contribution in [0.15, 0.2) is 24.3 Å². The molecule has 0 fully saturated rings. The second-order valence-corrected chi connectivity index (χ2v) is 4.62. The lowest BCUT2D eigenvalue weighted by Gasteiger charge is -2.19. The molecule has 0 unspecified atom stereocenters. The molecule has 0 saturated heterocycles. The molecule has 5 heteroatoms. The Balaban J connectivity index is 2.64. The molecule has 0 radical (unpaired) electrons. The third-order valence-corrected chi connectivity index (χ3v) is 1.84. The van der Waals surface area contributed by atoms with E-state index in [0.29, 0.717) is 11.3 Å². The van der Waals surface area contributed by atoms with Crippen molar-refractivity contribution in [2.45, 2.75) is 26.4 Å². The molecular formula is C12H17N3O2. The smallest absolute Gasteiger partial charge is 0.412 e. The van der Waals surface area contributed by atoms with E-state index in [1.54, 1.807) is 45.0 Å². The Labute approximate surface area is 100 Å². The first-order valence-electron chi connectivity index (χ1n) is 5.22. The van der Waals surface area contributed by atoms with Gasteiger partial charge in [-0.3, -0.25) is 10.7 Å². The fraction of sp³-hybridized carbons (Fsp3) is 0.333. The Hall–Kier alpha value is -2.04. The van der Waals surface area contributed by atoms with Gasteiger partial charge in [-0.2, -0.15) is 0 Å². The third-order valence-electron chi connectivity index (χ3n) is 1.84. The number of nitrogens with one attached hydrogen (secondary N) is 2. The van der Waals surface area contributed by atoms with Crippen LogP contribution in [-0.2, 0) is 4.74 Å². The number of amides is 1. The molecule has 4 N–H and O–H groups in total. The first-order valence-corrected chi connectivity index (χ1v) is 5.22. The predicted octanol–water partition coefficient (Wildman–Crippen LogP) is 2.32. The average molecular weight is 235 g/mol. The van der Waals surface area contributed by atoms with Gasteiger partial charge in [-0.15, -0.1) is 0 Å². The van der Waals surface area contributed by atoms with Gasteiger partial charge in [0.25, 0.3) is 0 Å². The van der Waals surface area contributed by atoms with Gasteiger partial charge in [0, 0.05) is 11.3 Å². The monoisotopic (exact) mass is 235 g/mol. The highest BCUT2D eigenvalue weighted by atomic mass is 16.6. The number of hydrogen-bond donors (Lipinski definition) is 3. The lowest BCUT2D eigenvalue weighted by molar-refractivity contribution is 0.0636. The van der Waals surface area contributed by atoms with Crippen molar-refractivity contribution < 1.29 is 9.53 Å². The van der Waals surface area contributed by atoms with Crippen molar-refractivity contribution in [1.29, 1.82) is 5.41 Å². The zero-order valence-corrected chi connectivity index (χ0v) is 10.2. The van der Waals surface area contributed by atoms with Gasteiger partial charge < -0.3 is 10.5 Å². The van der Waals surface area contributed by atoms with E-state index >= 15 is 0 Å². The standard InChI is InChI=1S/C12H17N3O2/c1-12(2,3)17-11(16)15-9-6-4-8(5-7-9)10(13)14/h4-7H,1-3H3,(H3,13,14)(H,15,16). The first-order chi connectivity index (χ1) is 7.78. The Kier molecular flexibility index (Phi) is 3.73. The van der Waals surface area contributed by atoms with Crippen molar-refractivity contribution in [2.24, 2.45) is 5.73 Å². The topological polar surface area (TPSA) is 88.2 Å². The minimum absolute atomic E-state index is 0.00572. The predicted molar refractivity (Wildman–Crippen MR) is 67.3 cm³/mol. The summed E-state index contributed by atoms with van der Waals surface area (Å²) in [6, 6.07) is 6.66. The van der Waals surface area contributed by atoms with E-state index in [4.69, 9.17) is 15.9 Å². The Morgan fingerprint density at radius 1 is 1.29 bits per heavy atom. The van der Waals surface area contributed by atoms with Gasteiger partial charge >= 0.3 is 6.09 Å². The van der Waals surface area contributed by atoms with Crippen LogP contribution in [0.25, 0.3) is 0 Å². The summed E-state index contributed by atoms with van der Waals surface area (Å²) in [6.45, 7) is 5.39. The van der Waals surface area contributed by atoms with Crippen molar-refractivity contribution in [2.75, 3.05) is 5.32 Å². The van der Waals surface area contributed by atoms with Gasteiger partial charge in [-0.05, 0) is 45.0 Å². The van der Waals surface area contributed by atoms with Crippen LogP contribution < -0.4 is 11.1 Å². The second-order valence-electron chi connectivity index (χ2n) is 4.62. The van der Waals surface area contributed by atoms with Gasteiger partial charge in [0.1, 0.15) is 11.4 Å². The minimum Gasteiger partial charge on any atom is -0.444 e. The van der Waals surface area contributed by atoms with Crippen molar-refractivity contribution in [3.8, 4) is 0 Å². The summed E-state index contributed by atoms with van der Waals surface area (Å²) in [5.41, 5.74) is 6.01. The summed E-state index contributed by atoms with van der Waals surface area (Å²) >= 11 is 0. The quantitative estimate of drug-likeness (QED) is 0.543. The molecule has 0 aliphatic carbocycles. The Bertz CT molecular complexity index is 418. The van der Waals surface area contributed by atoms with Crippen molar-refractivity contribution in [3.05, 3.63) is 29.8 Å². The third kappa shape index (κ3) is 4.55. The molecular weight excluding hydrogens is 218 g/mol. The summed E-state index contributed by atoms with van der Waals surface area (Å²) in [5, 5.41) is 9.82. The van der Waals surface area contributed by atoms with E-state index in [2.05, 4.69) is 5.32 Å². The average Bonchev–Trinajstić information content (AvgIpc) is 2.15. The van der Waals surface area contributed by atoms with Crippen molar-refractivity contribution in [1.82, 2.24) is 0 Å². The number of nitrogens with two attached hydrogens (primary N) is 1. The molecule has 1 aromatic rings. The SMILES string of the molecule is CC(C)(C)OC(=O)Nc1ccc(C(=N)N)cc1. The molecule has 0 heterocycles. The number of rotatable bonds is 2. The van der Waals surface area contributed by atoms with E-state index in [-0.39, 0.29) is 5.84 Å². The van der Waals surface area contributed by atoms with E-state index in [1.807, 2.05) is 0 Å². The zero-order chi connectivity index (χ0) is 13.1.